The van der Waals surface area contributed by atoms with E-state index in [2.05, 4.69) is 52.0 Å². The molecule has 5 heteroatoms. The van der Waals surface area contributed by atoms with Gasteiger partial charge in [-0.2, -0.15) is 0 Å². The van der Waals surface area contributed by atoms with Crippen LogP contribution in [0.15, 0.2) is 53.3 Å². The van der Waals surface area contributed by atoms with E-state index in [4.69, 9.17) is 10.3 Å². The molecule has 4 rings (SSSR count). The second-order valence-electron chi connectivity index (χ2n) is 6.37. The normalized spacial score (nSPS) is 12.6. The summed E-state index contributed by atoms with van der Waals surface area (Å²) in [6, 6.07) is 14.6. The Kier molecular flexibility index (Phi) is 3.57. The second kappa shape index (κ2) is 5.77. The number of nitrogens with two attached hydrogens (primary N) is 1. The number of benzene rings is 2. The Morgan fingerprint density at radius 3 is 2.56 bits per heavy atom. The van der Waals surface area contributed by atoms with Gasteiger partial charge in [-0.05, 0) is 44.0 Å². The molecule has 0 saturated heterocycles. The molecule has 0 saturated carbocycles. The molecule has 0 radical (unpaired) electrons. The van der Waals surface area contributed by atoms with Crippen LogP contribution in [0.4, 0.5) is 5.69 Å². The van der Waals surface area contributed by atoms with E-state index in [0.717, 1.165) is 33.6 Å². The number of imidazole rings is 1. The third-order valence-electron chi connectivity index (χ3n) is 4.73. The number of hydrogen-bond donors (Lipinski definition) is 1. The summed E-state index contributed by atoms with van der Waals surface area (Å²) in [7, 11) is 0. The molecule has 2 aromatic heterocycles. The number of fused-ring (bicyclic) bond motifs is 1. The van der Waals surface area contributed by atoms with Crippen molar-refractivity contribution in [3.8, 4) is 11.1 Å². The van der Waals surface area contributed by atoms with Gasteiger partial charge < -0.3 is 14.8 Å². The average molecular weight is 332 g/mol. The molecule has 0 amide bonds. The number of nitrogen functional groups attached to an aromatic ring is 1. The summed E-state index contributed by atoms with van der Waals surface area (Å²) >= 11 is 0. The topological polar surface area (TPSA) is 69.9 Å². The van der Waals surface area contributed by atoms with Gasteiger partial charge in [0.15, 0.2) is 0 Å². The third-order valence-corrected chi connectivity index (χ3v) is 4.73. The molecule has 4 aromatic rings. The molecule has 0 aliphatic heterocycles. The number of aromatic nitrogens is 3. The smallest absolute Gasteiger partial charge is 0.141 e. The highest BCUT2D eigenvalue weighted by Gasteiger charge is 2.17. The zero-order valence-corrected chi connectivity index (χ0v) is 14.5. The van der Waals surface area contributed by atoms with Crippen molar-refractivity contribution in [3.05, 3.63) is 65.8 Å². The van der Waals surface area contributed by atoms with Gasteiger partial charge >= 0.3 is 0 Å². The highest BCUT2D eigenvalue weighted by Crippen LogP contribution is 2.34. The minimum atomic E-state index is 0.158. The zero-order valence-electron chi connectivity index (χ0n) is 14.5. The molecule has 0 aliphatic rings. The molecule has 1 atom stereocenters. The lowest BCUT2D eigenvalue weighted by Crippen LogP contribution is -2.05. The van der Waals surface area contributed by atoms with Gasteiger partial charge in [0.05, 0.1) is 29.3 Å². The van der Waals surface area contributed by atoms with Gasteiger partial charge in [0.25, 0.3) is 0 Å². The van der Waals surface area contributed by atoms with Gasteiger partial charge in [0.1, 0.15) is 11.3 Å². The molecule has 0 unspecified atom stereocenters. The first-order valence-corrected chi connectivity index (χ1v) is 8.30. The molecular formula is C20H20N4O. The first kappa shape index (κ1) is 15.4. The SMILES string of the molecule is Cc1noc(C)c1-c1cc(N)c2ncn([C@H](C)c3ccccc3)c2c1. The van der Waals surface area contributed by atoms with E-state index in [9.17, 15) is 0 Å². The molecule has 5 nitrogen and oxygen atoms in total. The quantitative estimate of drug-likeness (QED) is 0.561. The van der Waals surface area contributed by atoms with Crippen molar-refractivity contribution >= 4 is 16.7 Å². The van der Waals surface area contributed by atoms with Crippen molar-refractivity contribution in [2.45, 2.75) is 26.8 Å². The van der Waals surface area contributed by atoms with E-state index in [1.165, 1.54) is 5.56 Å². The Balaban J connectivity index is 1.91. The van der Waals surface area contributed by atoms with Crippen LogP contribution in [-0.4, -0.2) is 14.7 Å². The molecule has 0 fully saturated rings. The van der Waals surface area contributed by atoms with Crippen molar-refractivity contribution in [1.82, 2.24) is 14.7 Å². The maximum Gasteiger partial charge on any atom is 0.141 e. The average Bonchev–Trinajstić information content (AvgIpc) is 3.18. The molecule has 2 aromatic carbocycles. The summed E-state index contributed by atoms with van der Waals surface area (Å²) in [6.07, 6.45) is 1.86. The monoisotopic (exact) mass is 332 g/mol. The number of aryl methyl sites for hydroxylation is 2. The Bertz CT molecular complexity index is 1030. The molecule has 0 spiro atoms. The van der Waals surface area contributed by atoms with Crippen molar-refractivity contribution in [3.63, 3.8) is 0 Å². The molecule has 0 aliphatic carbocycles. The Labute approximate surface area is 146 Å². The van der Waals surface area contributed by atoms with Crippen LogP contribution in [0.5, 0.6) is 0 Å². The van der Waals surface area contributed by atoms with E-state index in [1.807, 2.05) is 32.3 Å². The third kappa shape index (κ3) is 2.48. The van der Waals surface area contributed by atoms with E-state index in [0.29, 0.717) is 5.69 Å². The fourth-order valence-corrected chi connectivity index (χ4v) is 3.40. The highest BCUT2D eigenvalue weighted by atomic mass is 16.5. The number of anilines is 1. The molecule has 2 heterocycles. The van der Waals surface area contributed by atoms with E-state index >= 15 is 0 Å². The number of nitrogens with zero attached hydrogens (tertiary/aromatic N) is 3. The summed E-state index contributed by atoms with van der Waals surface area (Å²) in [5, 5.41) is 4.06. The first-order valence-electron chi connectivity index (χ1n) is 8.30. The van der Waals surface area contributed by atoms with Crippen molar-refractivity contribution in [2.75, 3.05) is 5.73 Å². The fraction of sp³-hybridized carbons (Fsp3) is 0.200. The van der Waals surface area contributed by atoms with Crippen molar-refractivity contribution < 1.29 is 4.52 Å². The lowest BCUT2D eigenvalue weighted by molar-refractivity contribution is 0.393. The molecule has 2 N–H and O–H groups in total. The summed E-state index contributed by atoms with van der Waals surface area (Å²) in [4.78, 5) is 4.53. The largest absolute Gasteiger partial charge is 0.397 e. The summed E-state index contributed by atoms with van der Waals surface area (Å²) in [5.41, 5.74) is 12.9. The van der Waals surface area contributed by atoms with Gasteiger partial charge in [-0.15, -0.1) is 0 Å². The Hall–Kier alpha value is -3.08. The van der Waals surface area contributed by atoms with Crippen LogP contribution >= 0.6 is 0 Å². The maximum atomic E-state index is 6.29. The molecular weight excluding hydrogens is 312 g/mol. The highest BCUT2D eigenvalue weighted by molar-refractivity contribution is 5.93. The second-order valence-corrected chi connectivity index (χ2v) is 6.37. The molecule has 126 valence electrons. The minimum absolute atomic E-state index is 0.158. The van der Waals surface area contributed by atoms with Crippen LogP contribution in [0.2, 0.25) is 0 Å². The predicted octanol–water partition coefficient (Wildman–Crippen LogP) is 4.50. The van der Waals surface area contributed by atoms with Crippen molar-refractivity contribution in [1.29, 1.82) is 0 Å². The van der Waals surface area contributed by atoms with Crippen LogP contribution in [0.1, 0.15) is 30.0 Å². The Morgan fingerprint density at radius 2 is 1.88 bits per heavy atom. The van der Waals surface area contributed by atoms with Crippen LogP contribution in [-0.2, 0) is 0 Å². The van der Waals surface area contributed by atoms with Crippen LogP contribution in [0.3, 0.4) is 0 Å². The lowest BCUT2D eigenvalue weighted by atomic mass is 10.0. The summed E-state index contributed by atoms with van der Waals surface area (Å²) < 4.78 is 7.47. The van der Waals surface area contributed by atoms with Gasteiger partial charge in [0.2, 0.25) is 0 Å². The van der Waals surface area contributed by atoms with Gasteiger partial charge in [-0.3, -0.25) is 0 Å². The van der Waals surface area contributed by atoms with Crippen LogP contribution in [0, 0.1) is 13.8 Å². The molecule has 0 bridgehead atoms. The lowest BCUT2D eigenvalue weighted by Gasteiger charge is -2.15. The maximum absolute atomic E-state index is 6.29. The number of rotatable bonds is 3. The first-order chi connectivity index (χ1) is 12.1. The van der Waals surface area contributed by atoms with Gasteiger partial charge in [-0.1, -0.05) is 35.5 Å². The summed E-state index contributed by atoms with van der Waals surface area (Å²) in [5.74, 6) is 0.790. The summed E-state index contributed by atoms with van der Waals surface area (Å²) in [6.45, 7) is 6.02. The fourth-order valence-electron chi connectivity index (χ4n) is 3.40. The van der Waals surface area contributed by atoms with E-state index < -0.39 is 0 Å². The Morgan fingerprint density at radius 1 is 1.12 bits per heavy atom. The van der Waals surface area contributed by atoms with Gasteiger partial charge in [0, 0.05) is 5.56 Å². The zero-order chi connectivity index (χ0) is 17.6. The van der Waals surface area contributed by atoms with Crippen molar-refractivity contribution in [2.24, 2.45) is 0 Å². The predicted molar refractivity (Wildman–Crippen MR) is 99.4 cm³/mol. The van der Waals surface area contributed by atoms with E-state index in [-0.39, 0.29) is 6.04 Å². The standard InChI is InChI=1S/C20H20N4O/c1-12-19(14(3)25-23-12)16-9-17(21)20-18(10-16)24(11-22-20)13(2)15-7-5-4-6-8-15/h4-11,13H,21H2,1-3H3/t13-/m1/s1. The van der Waals surface area contributed by atoms with Crippen LogP contribution < -0.4 is 5.73 Å². The number of hydrogen-bond acceptors (Lipinski definition) is 4. The molecule has 25 heavy (non-hydrogen) atoms. The van der Waals surface area contributed by atoms with Crippen LogP contribution in [0.25, 0.3) is 22.2 Å². The minimum Gasteiger partial charge on any atom is -0.397 e. The van der Waals surface area contributed by atoms with E-state index in [1.54, 1.807) is 0 Å². The van der Waals surface area contributed by atoms with Gasteiger partial charge in [-0.25, -0.2) is 4.98 Å².